The first-order chi connectivity index (χ1) is 7.78. The number of alkyl carbamates (subject to hydrolysis) is 1. The second kappa shape index (κ2) is 7.11. The van der Waals surface area contributed by atoms with Gasteiger partial charge in [-0.25, -0.2) is 4.79 Å². The first kappa shape index (κ1) is 15.7. The maximum absolute atomic E-state index is 11.3. The van der Waals surface area contributed by atoms with Gasteiger partial charge >= 0.3 is 12.1 Å². The van der Waals surface area contributed by atoms with Gasteiger partial charge in [0.25, 0.3) is 0 Å². The number of nitrogens with one attached hydrogen (secondary N) is 1. The second-order valence-electron chi connectivity index (χ2n) is 4.52. The molecule has 0 aromatic rings. The van der Waals surface area contributed by atoms with Crippen molar-refractivity contribution in [3.8, 4) is 0 Å². The normalized spacial score (nSPS) is 12.8. The van der Waals surface area contributed by atoms with Crippen molar-refractivity contribution < 1.29 is 23.8 Å². The topological polar surface area (TPSA) is 73.9 Å². The predicted molar refractivity (Wildman–Crippen MR) is 61.7 cm³/mol. The predicted octanol–water partition coefficient (Wildman–Crippen LogP) is 1.09. The summed E-state index contributed by atoms with van der Waals surface area (Å²) in [7, 11) is 2.76. The Hall–Kier alpha value is -1.30. The van der Waals surface area contributed by atoms with Gasteiger partial charge in [0, 0.05) is 13.7 Å². The molecule has 0 aliphatic rings. The number of rotatable bonds is 5. The summed E-state index contributed by atoms with van der Waals surface area (Å²) in [5.41, 5.74) is -0.547. The minimum absolute atomic E-state index is 0.0861. The van der Waals surface area contributed by atoms with Gasteiger partial charge < -0.3 is 19.5 Å². The lowest BCUT2D eigenvalue weighted by Gasteiger charge is -2.21. The molecule has 0 aromatic heterocycles. The molecule has 17 heavy (non-hydrogen) atoms. The Balaban J connectivity index is 3.98. The van der Waals surface area contributed by atoms with Gasteiger partial charge in [-0.15, -0.1) is 0 Å². The Morgan fingerprint density at radius 3 is 2.24 bits per heavy atom. The number of carbonyl (C=O) groups is 2. The summed E-state index contributed by atoms with van der Waals surface area (Å²) in [5.74, 6) is -0.386. The average Bonchev–Trinajstić information content (AvgIpc) is 2.21. The van der Waals surface area contributed by atoms with E-state index in [9.17, 15) is 9.59 Å². The molecule has 100 valence electrons. The monoisotopic (exact) mass is 247 g/mol. The minimum Gasteiger partial charge on any atom is -0.469 e. The van der Waals surface area contributed by atoms with Crippen molar-refractivity contribution in [2.45, 2.75) is 38.9 Å². The lowest BCUT2D eigenvalue weighted by atomic mass is 10.2. The molecule has 6 nitrogen and oxygen atoms in total. The van der Waals surface area contributed by atoms with Crippen molar-refractivity contribution in [3.05, 3.63) is 0 Å². The third-order valence-electron chi connectivity index (χ3n) is 1.83. The van der Waals surface area contributed by atoms with Crippen LogP contribution in [-0.4, -0.2) is 44.5 Å². The molecule has 1 amide bonds. The fourth-order valence-corrected chi connectivity index (χ4v) is 1.02. The fourth-order valence-electron chi connectivity index (χ4n) is 1.02. The summed E-state index contributed by atoms with van der Waals surface area (Å²) in [6.07, 6.45) is -0.873. The van der Waals surface area contributed by atoms with Crippen LogP contribution in [0.25, 0.3) is 0 Å². The van der Waals surface area contributed by atoms with Crippen molar-refractivity contribution in [3.63, 3.8) is 0 Å². The van der Waals surface area contributed by atoms with Gasteiger partial charge in [0.15, 0.2) is 0 Å². The van der Waals surface area contributed by atoms with E-state index in [1.165, 1.54) is 14.2 Å². The van der Waals surface area contributed by atoms with Crippen LogP contribution in [0.1, 0.15) is 27.2 Å². The van der Waals surface area contributed by atoms with Gasteiger partial charge in [-0.1, -0.05) is 0 Å². The van der Waals surface area contributed by atoms with Crippen LogP contribution in [0, 0.1) is 0 Å². The van der Waals surface area contributed by atoms with Crippen LogP contribution in [0.2, 0.25) is 0 Å². The molecule has 0 spiro atoms. The minimum atomic E-state index is -0.547. The molecule has 0 radical (unpaired) electrons. The molecular weight excluding hydrogens is 226 g/mol. The van der Waals surface area contributed by atoms with Crippen molar-refractivity contribution >= 4 is 12.1 Å². The molecular formula is C11H21NO5. The third-order valence-corrected chi connectivity index (χ3v) is 1.83. The summed E-state index contributed by atoms with van der Waals surface area (Å²) in [4.78, 5) is 22.3. The first-order valence-electron chi connectivity index (χ1n) is 5.35. The zero-order chi connectivity index (χ0) is 13.5. The van der Waals surface area contributed by atoms with E-state index >= 15 is 0 Å². The van der Waals surface area contributed by atoms with E-state index in [1.807, 2.05) is 0 Å². The van der Waals surface area contributed by atoms with Crippen LogP contribution < -0.4 is 5.32 Å². The highest BCUT2D eigenvalue weighted by Crippen LogP contribution is 2.06. The highest BCUT2D eigenvalue weighted by Gasteiger charge is 2.18. The van der Waals surface area contributed by atoms with Crippen LogP contribution in [-0.2, 0) is 19.0 Å². The van der Waals surface area contributed by atoms with Gasteiger partial charge in [-0.2, -0.15) is 0 Å². The van der Waals surface area contributed by atoms with E-state index < -0.39 is 17.8 Å². The van der Waals surface area contributed by atoms with Crippen LogP contribution >= 0.6 is 0 Å². The van der Waals surface area contributed by atoms with Gasteiger partial charge in [0.2, 0.25) is 0 Å². The van der Waals surface area contributed by atoms with E-state index in [2.05, 4.69) is 10.1 Å². The maximum atomic E-state index is 11.3. The lowest BCUT2D eigenvalue weighted by molar-refractivity contribution is -0.143. The number of hydrogen-bond donors (Lipinski definition) is 1. The summed E-state index contributed by atoms with van der Waals surface area (Å²) in [5, 5.41) is 2.53. The van der Waals surface area contributed by atoms with E-state index in [0.29, 0.717) is 0 Å². The fraction of sp³-hybridized carbons (Fsp3) is 0.818. The van der Waals surface area contributed by atoms with E-state index in [0.717, 1.165) is 0 Å². The molecule has 6 heteroatoms. The highest BCUT2D eigenvalue weighted by molar-refractivity contribution is 5.70. The number of ether oxygens (including phenoxy) is 3. The maximum Gasteiger partial charge on any atom is 0.407 e. The third kappa shape index (κ3) is 8.50. The van der Waals surface area contributed by atoms with Crippen LogP contribution in [0.3, 0.4) is 0 Å². The molecule has 1 atom stereocenters. The SMILES string of the molecule is COC(=O)CC(CNC(=O)OC(C)(C)C)OC. The average molecular weight is 247 g/mol. The van der Waals surface area contributed by atoms with Crippen LogP contribution in [0.15, 0.2) is 0 Å². The molecule has 0 saturated heterocycles. The number of esters is 1. The second-order valence-corrected chi connectivity index (χ2v) is 4.52. The van der Waals surface area contributed by atoms with Crippen molar-refractivity contribution in [1.29, 1.82) is 0 Å². The smallest absolute Gasteiger partial charge is 0.407 e. The Morgan fingerprint density at radius 1 is 1.24 bits per heavy atom. The summed E-state index contributed by atoms with van der Waals surface area (Å²) in [6.45, 7) is 5.51. The molecule has 1 N–H and O–H groups in total. The standard InChI is InChI=1S/C11H21NO5/c1-11(2,3)17-10(14)12-7-8(15-4)6-9(13)16-5/h8H,6-7H2,1-5H3,(H,12,14). The number of amides is 1. The molecule has 0 aliphatic heterocycles. The Morgan fingerprint density at radius 2 is 1.82 bits per heavy atom. The largest absolute Gasteiger partial charge is 0.469 e. The number of methoxy groups -OCH3 is 2. The zero-order valence-corrected chi connectivity index (χ0v) is 11.0. The van der Waals surface area contributed by atoms with Gasteiger partial charge in [-0.3, -0.25) is 4.79 Å². The number of hydrogen-bond acceptors (Lipinski definition) is 5. The molecule has 0 saturated carbocycles. The van der Waals surface area contributed by atoms with Crippen molar-refractivity contribution in [2.24, 2.45) is 0 Å². The molecule has 0 rings (SSSR count). The Bertz CT molecular complexity index is 259. The summed E-state index contributed by atoms with van der Waals surface area (Å²) < 4.78 is 14.6. The lowest BCUT2D eigenvalue weighted by Crippen LogP contribution is -2.38. The van der Waals surface area contributed by atoms with E-state index in [-0.39, 0.29) is 18.9 Å². The molecule has 1 unspecified atom stereocenters. The van der Waals surface area contributed by atoms with Crippen molar-refractivity contribution in [2.75, 3.05) is 20.8 Å². The van der Waals surface area contributed by atoms with Crippen molar-refractivity contribution in [1.82, 2.24) is 5.32 Å². The Labute approximate surface area is 102 Å². The van der Waals surface area contributed by atoms with Gasteiger partial charge in [-0.05, 0) is 20.8 Å². The number of carbonyl (C=O) groups excluding carboxylic acids is 2. The molecule has 0 fully saturated rings. The van der Waals surface area contributed by atoms with Crippen LogP contribution in [0.5, 0.6) is 0 Å². The summed E-state index contributed by atoms with van der Waals surface area (Å²) in [6, 6.07) is 0. The summed E-state index contributed by atoms with van der Waals surface area (Å²) >= 11 is 0. The Kier molecular flexibility index (Phi) is 6.57. The van der Waals surface area contributed by atoms with E-state index in [1.54, 1.807) is 20.8 Å². The zero-order valence-electron chi connectivity index (χ0n) is 11.0. The molecule has 0 bridgehead atoms. The first-order valence-corrected chi connectivity index (χ1v) is 5.35. The quantitative estimate of drug-likeness (QED) is 0.736. The van der Waals surface area contributed by atoms with Crippen LogP contribution in [0.4, 0.5) is 4.79 Å². The van der Waals surface area contributed by atoms with E-state index in [4.69, 9.17) is 9.47 Å². The molecule has 0 aromatic carbocycles. The molecule has 0 heterocycles. The highest BCUT2D eigenvalue weighted by atomic mass is 16.6. The molecule has 0 aliphatic carbocycles. The van der Waals surface area contributed by atoms with Gasteiger partial charge in [0.05, 0.1) is 19.6 Å². The van der Waals surface area contributed by atoms with Gasteiger partial charge in [0.1, 0.15) is 5.60 Å².